The standard InChI is InChI=1S/C19H18F3N5O3/c20-19(21,22)14-3-1-2-13(8-14)9-16-24-18(30-25-16)15-10-27(6-7-29-15)17(28)11-26-5-4-23-12-26/h1-5,8,12,15H,6-7,9-11H2/t15-/m0/s1. The van der Waals surface area contributed by atoms with Crippen molar-refractivity contribution in [3.8, 4) is 0 Å². The van der Waals surface area contributed by atoms with Gasteiger partial charge in [0.15, 0.2) is 11.9 Å². The summed E-state index contributed by atoms with van der Waals surface area (Å²) in [6.07, 6.45) is -0.0558. The molecule has 11 heteroatoms. The second-order valence-corrected chi connectivity index (χ2v) is 6.86. The van der Waals surface area contributed by atoms with Crippen molar-refractivity contribution >= 4 is 5.91 Å². The van der Waals surface area contributed by atoms with Crippen LogP contribution in [0.1, 0.15) is 28.9 Å². The number of benzene rings is 1. The smallest absolute Gasteiger partial charge is 0.365 e. The number of amides is 1. The number of alkyl halides is 3. The molecule has 2 aromatic heterocycles. The molecule has 1 aliphatic rings. The number of halogens is 3. The van der Waals surface area contributed by atoms with E-state index < -0.39 is 17.8 Å². The second-order valence-electron chi connectivity index (χ2n) is 6.86. The Hall–Kier alpha value is -3.21. The average Bonchev–Trinajstić information content (AvgIpc) is 3.40. The van der Waals surface area contributed by atoms with Crippen LogP contribution >= 0.6 is 0 Å². The fraction of sp³-hybridized carbons (Fsp3) is 0.368. The first-order valence-corrected chi connectivity index (χ1v) is 9.22. The van der Waals surface area contributed by atoms with Crippen molar-refractivity contribution in [1.82, 2.24) is 24.6 Å². The first-order chi connectivity index (χ1) is 14.4. The highest BCUT2D eigenvalue weighted by atomic mass is 19.4. The molecule has 4 rings (SSSR count). The molecule has 1 amide bonds. The minimum Gasteiger partial charge on any atom is -0.365 e. The number of nitrogens with zero attached hydrogens (tertiary/aromatic N) is 5. The van der Waals surface area contributed by atoms with Crippen LogP contribution in [-0.2, 0) is 28.7 Å². The number of hydrogen-bond donors (Lipinski definition) is 0. The molecular formula is C19H18F3N5O3. The van der Waals surface area contributed by atoms with Gasteiger partial charge in [-0.2, -0.15) is 18.2 Å². The molecule has 3 heterocycles. The van der Waals surface area contributed by atoms with Crippen LogP contribution in [0.4, 0.5) is 13.2 Å². The van der Waals surface area contributed by atoms with Crippen molar-refractivity contribution in [2.24, 2.45) is 0 Å². The Labute approximate surface area is 169 Å². The predicted molar refractivity (Wildman–Crippen MR) is 96.0 cm³/mol. The van der Waals surface area contributed by atoms with Gasteiger partial charge in [0.1, 0.15) is 6.54 Å². The first kappa shape index (κ1) is 20.1. The van der Waals surface area contributed by atoms with Gasteiger partial charge in [0, 0.05) is 25.4 Å². The molecule has 0 spiro atoms. The summed E-state index contributed by atoms with van der Waals surface area (Å²) in [5, 5.41) is 3.85. The summed E-state index contributed by atoms with van der Waals surface area (Å²) in [7, 11) is 0. The highest BCUT2D eigenvalue weighted by molar-refractivity contribution is 5.76. The van der Waals surface area contributed by atoms with Gasteiger partial charge in [0.05, 0.1) is 25.0 Å². The van der Waals surface area contributed by atoms with Crippen LogP contribution in [0.15, 0.2) is 47.5 Å². The van der Waals surface area contributed by atoms with E-state index in [0.717, 1.165) is 12.1 Å². The molecule has 158 valence electrons. The Kier molecular flexibility index (Phi) is 5.53. The average molecular weight is 421 g/mol. The second kappa shape index (κ2) is 8.27. The van der Waals surface area contributed by atoms with E-state index >= 15 is 0 Å². The summed E-state index contributed by atoms with van der Waals surface area (Å²) in [4.78, 5) is 22.3. The van der Waals surface area contributed by atoms with E-state index in [1.807, 2.05) is 0 Å². The van der Waals surface area contributed by atoms with E-state index in [9.17, 15) is 18.0 Å². The Morgan fingerprint density at radius 2 is 2.17 bits per heavy atom. The lowest BCUT2D eigenvalue weighted by atomic mass is 10.1. The van der Waals surface area contributed by atoms with Crippen LogP contribution in [0, 0.1) is 0 Å². The molecule has 0 bridgehead atoms. The van der Waals surface area contributed by atoms with Crippen LogP contribution in [-0.4, -0.2) is 50.2 Å². The zero-order chi connectivity index (χ0) is 21.1. The van der Waals surface area contributed by atoms with Crippen LogP contribution in [0.2, 0.25) is 0 Å². The molecule has 1 fully saturated rings. The summed E-state index contributed by atoms with van der Waals surface area (Å²) >= 11 is 0. The van der Waals surface area contributed by atoms with Crippen molar-refractivity contribution in [3.05, 3.63) is 65.8 Å². The largest absolute Gasteiger partial charge is 0.416 e. The maximum atomic E-state index is 12.9. The van der Waals surface area contributed by atoms with Crippen molar-refractivity contribution in [1.29, 1.82) is 0 Å². The SMILES string of the molecule is O=C(Cn1ccnc1)N1CCO[C@H](c2nc(Cc3cccc(C(F)(F)F)c3)no2)C1. The molecule has 0 N–H and O–H groups in total. The van der Waals surface area contributed by atoms with Gasteiger partial charge in [-0.3, -0.25) is 4.79 Å². The van der Waals surface area contributed by atoms with Crippen molar-refractivity contribution in [3.63, 3.8) is 0 Å². The molecule has 8 nitrogen and oxygen atoms in total. The molecule has 0 aliphatic carbocycles. The van der Waals surface area contributed by atoms with Crippen LogP contribution in [0.5, 0.6) is 0 Å². The van der Waals surface area contributed by atoms with E-state index in [-0.39, 0.29) is 37.1 Å². The fourth-order valence-corrected chi connectivity index (χ4v) is 3.17. The van der Waals surface area contributed by atoms with Crippen molar-refractivity contribution in [2.45, 2.75) is 25.2 Å². The Morgan fingerprint density at radius 3 is 2.93 bits per heavy atom. The Morgan fingerprint density at radius 1 is 1.30 bits per heavy atom. The molecule has 30 heavy (non-hydrogen) atoms. The predicted octanol–water partition coefficient (Wildman–Crippen LogP) is 2.48. The first-order valence-electron chi connectivity index (χ1n) is 9.22. The van der Waals surface area contributed by atoms with Gasteiger partial charge in [0.2, 0.25) is 5.91 Å². The molecule has 0 radical (unpaired) electrons. The Bertz CT molecular complexity index is 1000. The fourth-order valence-electron chi connectivity index (χ4n) is 3.17. The third-order valence-electron chi connectivity index (χ3n) is 4.67. The molecule has 1 aliphatic heterocycles. The molecular weight excluding hydrogens is 403 g/mol. The summed E-state index contributed by atoms with van der Waals surface area (Å²) < 4.78 is 51.2. The number of carbonyl (C=O) groups excluding carboxylic acids is 1. The van der Waals surface area contributed by atoms with Gasteiger partial charge < -0.3 is 18.7 Å². The van der Waals surface area contributed by atoms with Crippen molar-refractivity contribution in [2.75, 3.05) is 19.7 Å². The molecule has 0 saturated carbocycles. The van der Waals surface area contributed by atoms with Crippen LogP contribution in [0.25, 0.3) is 0 Å². The quantitative estimate of drug-likeness (QED) is 0.629. The zero-order valence-corrected chi connectivity index (χ0v) is 15.7. The molecule has 1 aromatic carbocycles. The van der Waals surface area contributed by atoms with Crippen molar-refractivity contribution < 1.29 is 27.2 Å². The minimum absolute atomic E-state index is 0.0867. The third-order valence-corrected chi connectivity index (χ3v) is 4.67. The zero-order valence-electron chi connectivity index (χ0n) is 15.7. The topological polar surface area (TPSA) is 86.3 Å². The minimum atomic E-state index is -4.42. The number of aromatic nitrogens is 4. The summed E-state index contributed by atoms with van der Waals surface area (Å²) in [5.41, 5.74) is -0.315. The normalized spacial score (nSPS) is 17.3. The van der Waals surface area contributed by atoms with E-state index in [2.05, 4.69) is 15.1 Å². The number of ether oxygens (including phenoxy) is 1. The maximum Gasteiger partial charge on any atom is 0.416 e. The Balaban J connectivity index is 1.40. The number of morpholine rings is 1. The maximum absolute atomic E-state index is 12.9. The lowest BCUT2D eigenvalue weighted by Crippen LogP contribution is -2.43. The van der Waals surface area contributed by atoms with Crippen LogP contribution in [0.3, 0.4) is 0 Å². The summed E-state index contributed by atoms with van der Waals surface area (Å²) in [6.45, 7) is 1.16. The number of imidazole rings is 1. The van der Waals surface area contributed by atoms with Crippen LogP contribution < -0.4 is 0 Å². The van der Waals surface area contributed by atoms with E-state index in [4.69, 9.17) is 9.26 Å². The third kappa shape index (κ3) is 4.67. The van der Waals surface area contributed by atoms with Gasteiger partial charge in [-0.1, -0.05) is 23.4 Å². The van der Waals surface area contributed by atoms with Gasteiger partial charge in [0.25, 0.3) is 5.89 Å². The highest BCUT2D eigenvalue weighted by Crippen LogP contribution is 2.30. The number of rotatable bonds is 5. The lowest BCUT2D eigenvalue weighted by Gasteiger charge is -2.31. The molecule has 3 aromatic rings. The molecule has 1 atom stereocenters. The summed E-state index contributed by atoms with van der Waals surface area (Å²) in [6, 6.07) is 4.98. The summed E-state index contributed by atoms with van der Waals surface area (Å²) in [5.74, 6) is 0.344. The van der Waals surface area contributed by atoms with Gasteiger partial charge in [-0.05, 0) is 11.6 Å². The van der Waals surface area contributed by atoms with E-state index in [0.29, 0.717) is 18.7 Å². The van der Waals surface area contributed by atoms with E-state index in [1.165, 1.54) is 6.07 Å². The van der Waals surface area contributed by atoms with Gasteiger partial charge >= 0.3 is 6.18 Å². The number of hydrogen-bond acceptors (Lipinski definition) is 6. The molecule has 0 unspecified atom stereocenters. The van der Waals surface area contributed by atoms with Gasteiger partial charge in [-0.15, -0.1) is 0 Å². The van der Waals surface area contributed by atoms with E-state index in [1.54, 1.807) is 34.3 Å². The highest BCUT2D eigenvalue weighted by Gasteiger charge is 2.31. The lowest BCUT2D eigenvalue weighted by molar-refractivity contribution is -0.140. The number of carbonyl (C=O) groups is 1. The van der Waals surface area contributed by atoms with Gasteiger partial charge in [-0.25, -0.2) is 4.98 Å². The molecule has 1 saturated heterocycles. The monoisotopic (exact) mass is 421 g/mol.